The monoisotopic (exact) mass is 493 g/mol. The lowest BCUT2D eigenvalue weighted by Gasteiger charge is -2.31. The molecule has 0 saturated carbocycles. The van der Waals surface area contributed by atoms with E-state index in [0.29, 0.717) is 17.1 Å². The molecular formula is C23H26F3N5O4. The van der Waals surface area contributed by atoms with Gasteiger partial charge < -0.3 is 25.4 Å². The Bertz CT molecular complexity index is 1060. The molecule has 1 unspecified atom stereocenters. The first-order valence-electron chi connectivity index (χ1n) is 11.2. The molecule has 3 amide bonds. The largest absolute Gasteiger partial charge is 0.573 e. The number of alkyl halides is 3. The third kappa shape index (κ3) is 6.20. The summed E-state index contributed by atoms with van der Waals surface area (Å²) >= 11 is 0. The number of benzene rings is 1. The van der Waals surface area contributed by atoms with Gasteiger partial charge in [0.1, 0.15) is 12.3 Å². The van der Waals surface area contributed by atoms with Crippen molar-refractivity contribution < 1.29 is 32.2 Å². The Morgan fingerprint density at radius 2 is 1.91 bits per heavy atom. The molecule has 3 N–H and O–H groups in total. The molecule has 0 bridgehead atoms. The number of piperidine rings is 1. The van der Waals surface area contributed by atoms with Gasteiger partial charge in [-0.25, -0.2) is 9.78 Å². The number of halogens is 3. The molecule has 12 heteroatoms. The second-order valence-electron chi connectivity index (χ2n) is 8.34. The van der Waals surface area contributed by atoms with Gasteiger partial charge in [-0.15, -0.1) is 13.2 Å². The summed E-state index contributed by atoms with van der Waals surface area (Å²) in [6, 6.07) is 7.51. The molecule has 1 aromatic carbocycles. The van der Waals surface area contributed by atoms with Crippen LogP contribution in [0.3, 0.4) is 0 Å². The second-order valence-corrected chi connectivity index (χ2v) is 8.34. The number of amides is 3. The first-order valence-corrected chi connectivity index (χ1v) is 11.2. The normalized spacial score (nSPS) is 17.4. The van der Waals surface area contributed by atoms with E-state index in [1.54, 1.807) is 6.07 Å². The van der Waals surface area contributed by atoms with E-state index in [1.165, 1.54) is 24.1 Å². The zero-order valence-electron chi connectivity index (χ0n) is 19.0. The SMILES string of the molecule is COCC(NC(=O)N1CC(=O)Nc2ccc(C3CCNCC3)nc21)c1ccc(OC(F)(F)F)cc1. The van der Waals surface area contributed by atoms with Gasteiger partial charge in [-0.1, -0.05) is 12.1 Å². The summed E-state index contributed by atoms with van der Waals surface area (Å²) in [5, 5.41) is 8.85. The number of pyridine rings is 1. The molecule has 3 heterocycles. The van der Waals surface area contributed by atoms with Gasteiger partial charge in [0.15, 0.2) is 5.82 Å². The number of carbonyl (C=O) groups excluding carboxylic acids is 2. The van der Waals surface area contributed by atoms with Crippen molar-refractivity contribution >= 4 is 23.4 Å². The standard InChI is InChI=1S/C23H26F3N5O4/c1-34-13-19(14-2-4-16(5-3-14)35-23(24,25)26)30-22(33)31-12-20(32)28-18-7-6-17(29-21(18)31)15-8-10-27-11-9-15/h2-7,15,19,27H,8-13H2,1H3,(H,28,32)(H,30,33). The van der Waals surface area contributed by atoms with E-state index in [2.05, 4.69) is 20.7 Å². The Hall–Kier alpha value is -3.38. The number of fused-ring (bicyclic) bond motifs is 1. The number of methoxy groups -OCH3 is 1. The maximum Gasteiger partial charge on any atom is 0.573 e. The van der Waals surface area contributed by atoms with E-state index in [4.69, 9.17) is 9.72 Å². The van der Waals surface area contributed by atoms with Crippen LogP contribution in [-0.2, 0) is 9.53 Å². The number of ether oxygens (including phenoxy) is 2. The third-order valence-electron chi connectivity index (χ3n) is 5.88. The van der Waals surface area contributed by atoms with Gasteiger partial charge in [-0.3, -0.25) is 9.69 Å². The molecule has 1 aromatic heterocycles. The molecule has 0 radical (unpaired) electrons. The minimum Gasteiger partial charge on any atom is -0.406 e. The van der Waals surface area contributed by atoms with E-state index >= 15 is 0 Å². The lowest BCUT2D eigenvalue weighted by atomic mass is 9.94. The average molecular weight is 493 g/mol. The van der Waals surface area contributed by atoms with Crippen molar-refractivity contribution in [2.75, 3.05) is 43.6 Å². The summed E-state index contributed by atoms with van der Waals surface area (Å²) in [5.41, 5.74) is 1.80. The van der Waals surface area contributed by atoms with Crippen LogP contribution in [0.1, 0.15) is 36.1 Å². The predicted octanol–water partition coefficient (Wildman–Crippen LogP) is 3.30. The lowest BCUT2D eigenvalue weighted by molar-refractivity contribution is -0.274. The number of nitrogens with one attached hydrogen (secondary N) is 3. The van der Waals surface area contributed by atoms with Crippen molar-refractivity contribution in [3.8, 4) is 5.75 Å². The molecule has 4 rings (SSSR count). The third-order valence-corrected chi connectivity index (χ3v) is 5.88. The highest BCUT2D eigenvalue weighted by atomic mass is 19.4. The van der Waals surface area contributed by atoms with Crippen LogP contribution in [0.4, 0.5) is 29.5 Å². The zero-order chi connectivity index (χ0) is 25.0. The minimum absolute atomic E-state index is 0.0562. The predicted molar refractivity (Wildman–Crippen MR) is 121 cm³/mol. The summed E-state index contributed by atoms with van der Waals surface area (Å²) in [6.45, 7) is 1.60. The molecule has 188 valence electrons. The average Bonchev–Trinajstić information content (AvgIpc) is 2.83. The van der Waals surface area contributed by atoms with Gasteiger partial charge in [0.2, 0.25) is 5.91 Å². The van der Waals surface area contributed by atoms with Crippen LogP contribution < -0.4 is 25.6 Å². The molecule has 35 heavy (non-hydrogen) atoms. The molecule has 2 aliphatic rings. The van der Waals surface area contributed by atoms with Crippen LogP contribution in [0.25, 0.3) is 0 Å². The van der Waals surface area contributed by atoms with Crippen molar-refractivity contribution in [2.45, 2.75) is 31.2 Å². The summed E-state index contributed by atoms with van der Waals surface area (Å²) in [4.78, 5) is 31.5. The number of hydrogen-bond donors (Lipinski definition) is 3. The summed E-state index contributed by atoms with van der Waals surface area (Å²) in [5.74, 6) is -0.132. The first kappa shape index (κ1) is 24.7. The number of nitrogens with zero attached hydrogens (tertiary/aromatic N) is 2. The number of anilines is 2. The Labute approximate surface area is 200 Å². The Morgan fingerprint density at radius 3 is 2.57 bits per heavy atom. The van der Waals surface area contributed by atoms with Crippen LogP contribution in [0.15, 0.2) is 36.4 Å². The smallest absolute Gasteiger partial charge is 0.406 e. The highest BCUT2D eigenvalue weighted by Crippen LogP contribution is 2.32. The van der Waals surface area contributed by atoms with Crippen LogP contribution >= 0.6 is 0 Å². The molecule has 2 aromatic rings. The molecule has 0 aliphatic carbocycles. The van der Waals surface area contributed by atoms with Crippen molar-refractivity contribution in [1.82, 2.24) is 15.6 Å². The topological polar surface area (TPSA) is 105 Å². The Morgan fingerprint density at radius 1 is 1.20 bits per heavy atom. The molecule has 1 fully saturated rings. The van der Waals surface area contributed by atoms with Crippen LogP contribution in [0.2, 0.25) is 0 Å². The number of carbonyl (C=O) groups is 2. The van der Waals surface area contributed by atoms with E-state index < -0.39 is 18.4 Å². The fourth-order valence-electron chi connectivity index (χ4n) is 4.20. The number of aromatic nitrogens is 1. The van der Waals surface area contributed by atoms with E-state index in [1.807, 2.05) is 6.07 Å². The van der Waals surface area contributed by atoms with Gasteiger partial charge in [0.25, 0.3) is 0 Å². The van der Waals surface area contributed by atoms with Crippen molar-refractivity contribution in [3.63, 3.8) is 0 Å². The van der Waals surface area contributed by atoms with Crippen LogP contribution in [0, 0.1) is 0 Å². The van der Waals surface area contributed by atoms with Crippen molar-refractivity contribution in [1.29, 1.82) is 0 Å². The minimum atomic E-state index is -4.80. The summed E-state index contributed by atoms with van der Waals surface area (Å²) < 4.78 is 46.5. The summed E-state index contributed by atoms with van der Waals surface area (Å²) in [6.07, 6.45) is -2.95. The maximum atomic E-state index is 13.3. The van der Waals surface area contributed by atoms with Gasteiger partial charge >= 0.3 is 12.4 Å². The molecule has 1 atom stereocenters. The molecule has 9 nitrogen and oxygen atoms in total. The lowest BCUT2D eigenvalue weighted by Crippen LogP contribution is -2.49. The molecular weight excluding hydrogens is 467 g/mol. The number of urea groups is 1. The van der Waals surface area contributed by atoms with Gasteiger partial charge in [0, 0.05) is 18.7 Å². The molecule has 2 aliphatic heterocycles. The van der Waals surface area contributed by atoms with Crippen LogP contribution in [0.5, 0.6) is 5.75 Å². The van der Waals surface area contributed by atoms with E-state index in [-0.39, 0.29) is 30.7 Å². The number of rotatable bonds is 6. The fraction of sp³-hybridized carbons (Fsp3) is 0.435. The van der Waals surface area contributed by atoms with Crippen molar-refractivity contribution in [2.24, 2.45) is 0 Å². The van der Waals surface area contributed by atoms with E-state index in [9.17, 15) is 22.8 Å². The summed E-state index contributed by atoms with van der Waals surface area (Å²) in [7, 11) is 1.44. The van der Waals surface area contributed by atoms with Crippen molar-refractivity contribution in [3.05, 3.63) is 47.7 Å². The quantitative estimate of drug-likeness (QED) is 0.571. The van der Waals surface area contributed by atoms with Crippen LogP contribution in [-0.4, -0.2) is 56.6 Å². The zero-order valence-corrected chi connectivity index (χ0v) is 19.0. The highest BCUT2D eigenvalue weighted by Gasteiger charge is 2.32. The second kappa shape index (κ2) is 10.5. The Kier molecular flexibility index (Phi) is 7.41. The van der Waals surface area contributed by atoms with Gasteiger partial charge in [0.05, 0.1) is 18.3 Å². The van der Waals surface area contributed by atoms with E-state index in [0.717, 1.165) is 43.8 Å². The first-order chi connectivity index (χ1) is 16.7. The number of hydrogen-bond acceptors (Lipinski definition) is 6. The Balaban J connectivity index is 1.54. The molecule has 0 spiro atoms. The highest BCUT2D eigenvalue weighted by molar-refractivity contribution is 6.08. The maximum absolute atomic E-state index is 13.3. The van der Waals surface area contributed by atoms with Gasteiger partial charge in [-0.2, -0.15) is 0 Å². The van der Waals surface area contributed by atoms with Gasteiger partial charge in [-0.05, 0) is 55.8 Å². The molecule has 1 saturated heterocycles. The fourth-order valence-corrected chi connectivity index (χ4v) is 4.20.